The summed E-state index contributed by atoms with van der Waals surface area (Å²) in [4.78, 5) is 19.4. The summed E-state index contributed by atoms with van der Waals surface area (Å²) in [6.07, 6.45) is 0.808. The van der Waals surface area contributed by atoms with Crippen molar-refractivity contribution in [3.8, 4) is 17.0 Å². The zero-order valence-corrected chi connectivity index (χ0v) is 20.8. The summed E-state index contributed by atoms with van der Waals surface area (Å²) in [6.45, 7) is 7.62. The normalized spacial score (nSPS) is 20.9. The van der Waals surface area contributed by atoms with E-state index in [0.29, 0.717) is 37.0 Å². The zero-order valence-electron chi connectivity index (χ0n) is 20.0. The lowest BCUT2D eigenvalue weighted by molar-refractivity contribution is -0.129. The van der Waals surface area contributed by atoms with Crippen molar-refractivity contribution in [2.45, 2.75) is 45.3 Å². The first-order valence-corrected chi connectivity index (χ1v) is 12.7. The number of aryl methyl sites for hydroxylation is 1. The zero-order chi connectivity index (χ0) is 24.1. The predicted octanol–water partition coefficient (Wildman–Crippen LogP) is 4.99. The number of hydrogen-bond acceptors (Lipinski definition) is 6. The van der Waals surface area contributed by atoms with Crippen molar-refractivity contribution in [3.05, 3.63) is 65.5 Å². The number of benzene rings is 2. The maximum Gasteiger partial charge on any atom is 0.240 e. The molecule has 0 unspecified atom stereocenters. The second kappa shape index (κ2) is 10.7. The molecule has 180 valence electrons. The van der Waals surface area contributed by atoms with E-state index in [0.717, 1.165) is 17.0 Å². The van der Waals surface area contributed by atoms with Crippen molar-refractivity contribution in [1.82, 2.24) is 9.88 Å². The number of rotatable bonds is 8. The van der Waals surface area contributed by atoms with E-state index in [-0.39, 0.29) is 12.5 Å². The fraction of sp³-hybridized carbons (Fsp3) is 0.407. The van der Waals surface area contributed by atoms with Gasteiger partial charge in [-0.05, 0) is 37.8 Å². The number of amides is 1. The molecule has 1 aromatic heterocycles. The molecule has 0 spiro atoms. The lowest BCUT2D eigenvalue weighted by Gasteiger charge is -2.44. The van der Waals surface area contributed by atoms with Gasteiger partial charge in [0.15, 0.2) is 5.13 Å². The van der Waals surface area contributed by atoms with Crippen LogP contribution in [0.3, 0.4) is 0 Å². The van der Waals surface area contributed by atoms with Crippen LogP contribution in [-0.4, -0.2) is 52.2 Å². The highest BCUT2D eigenvalue weighted by molar-refractivity contribution is 7.14. The number of anilines is 1. The maximum absolute atomic E-state index is 12.8. The van der Waals surface area contributed by atoms with Gasteiger partial charge in [-0.3, -0.25) is 9.69 Å². The van der Waals surface area contributed by atoms with Gasteiger partial charge in [0, 0.05) is 24.0 Å². The third kappa shape index (κ3) is 6.23. The molecule has 1 aliphatic rings. The Bertz CT molecular complexity index is 1080. The van der Waals surface area contributed by atoms with Gasteiger partial charge >= 0.3 is 0 Å². The van der Waals surface area contributed by atoms with E-state index < -0.39 is 11.7 Å². The number of nitrogens with one attached hydrogen (secondary N) is 1. The van der Waals surface area contributed by atoms with Gasteiger partial charge in [-0.1, -0.05) is 61.9 Å². The molecule has 1 amide bonds. The Morgan fingerprint density at radius 2 is 1.97 bits per heavy atom. The SMILES string of the molecule is Cc1ccc(-c2csc(NC(=O)CN3CC[C@@](O)(CC(C)C)[C@@H](Oc4ccccc4)C3)n2)cc1. The molecular formula is C27H33N3O3S. The summed E-state index contributed by atoms with van der Waals surface area (Å²) in [7, 11) is 0. The first-order valence-electron chi connectivity index (χ1n) is 11.8. The molecular weight excluding hydrogens is 446 g/mol. The average molecular weight is 480 g/mol. The van der Waals surface area contributed by atoms with E-state index in [4.69, 9.17) is 4.74 Å². The molecule has 2 N–H and O–H groups in total. The first-order chi connectivity index (χ1) is 16.3. The van der Waals surface area contributed by atoms with Crippen LogP contribution < -0.4 is 10.1 Å². The number of thiazole rings is 1. The van der Waals surface area contributed by atoms with Gasteiger partial charge in [0.05, 0.1) is 12.2 Å². The quantitative estimate of drug-likeness (QED) is 0.476. The van der Waals surface area contributed by atoms with Crippen molar-refractivity contribution in [2.75, 3.05) is 25.0 Å². The van der Waals surface area contributed by atoms with Crippen molar-refractivity contribution < 1.29 is 14.6 Å². The number of aromatic nitrogens is 1. The number of para-hydroxylation sites is 1. The second-order valence-corrected chi connectivity index (χ2v) is 10.4. The number of nitrogens with zero attached hydrogens (tertiary/aromatic N) is 2. The lowest BCUT2D eigenvalue weighted by atomic mass is 9.81. The molecule has 0 saturated carbocycles. The minimum absolute atomic E-state index is 0.113. The Morgan fingerprint density at radius 1 is 1.24 bits per heavy atom. The average Bonchev–Trinajstić information content (AvgIpc) is 3.25. The molecule has 34 heavy (non-hydrogen) atoms. The highest BCUT2D eigenvalue weighted by atomic mass is 32.1. The molecule has 1 fully saturated rings. The molecule has 2 heterocycles. The van der Waals surface area contributed by atoms with Gasteiger partial charge in [-0.2, -0.15) is 0 Å². The number of aliphatic hydroxyl groups is 1. The van der Waals surface area contributed by atoms with Crippen molar-refractivity contribution >= 4 is 22.4 Å². The van der Waals surface area contributed by atoms with Crippen LogP contribution in [0.5, 0.6) is 5.75 Å². The highest BCUT2D eigenvalue weighted by Gasteiger charge is 2.43. The predicted molar refractivity (Wildman–Crippen MR) is 137 cm³/mol. The number of piperidine rings is 1. The minimum atomic E-state index is -0.921. The molecule has 4 rings (SSSR count). The first kappa shape index (κ1) is 24.4. The Balaban J connectivity index is 1.38. The topological polar surface area (TPSA) is 74.7 Å². The molecule has 2 aromatic carbocycles. The summed E-state index contributed by atoms with van der Waals surface area (Å²) in [5.74, 6) is 0.958. The van der Waals surface area contributed by atoms with Crippen molar-refractivity contribution in [2.24, 2.45) is 5.92 Å². The maximum atomic E-state index is 12.8. The number of likely N-dealkylation sites (tertiary alicyclic amines) is 1. The van der Waals surface area contributed by atoms with E-state index in [1.165, 1.54) is 16.9 Å². The van der Waals surface area contributed by atoms with Crippen LogP contribution in [0.1, 0.15) is 32.3 Å². The lowest BCUT2D eigenvalue weighted by Crippen LogP contribution is -2.59. The third-order valence-electron chi connectivity index (χ3n) is 6.13. The fourth-order valence-corrected chi connectivity index (χ4v) is 5.19. The molecule has 7 heteroatoms. The van der Waals surface area contributed by atoms with Crippen molar-refractivity contribution in [3.63, 3.8) is 0 Å². The minimum Gasteiger partial charge on any atom is -0.486 e. The van der Waals surface area contributed by atoms with Crippen LogP contribution in [0.25, 0.3) is 11.3 Å². The molecule has 1 aliphatic heterocycles. The second-order valence-electron chi connectivity index (χ2n) is 9.56. The van der Waals surface area contributed by atoms with Crippen LogP contribution in [0.2, 0.25) is 0 Å². The van der Waals surface area contributed by atoms with Crippen LogP contribution in [0.15, 0.2) is 60.0 Å². The molecule has 2 atom stereocenters. The van der Waals surface area contributed by atoms with E-state index in [1.807, 2.05) is 52.7 Å². The smallest absolute Gasteiger partial charge is 0.240 e. The van der Waals surface area contributed by atoms with Crippen molar-refractivity contribution in [1.29, 1.82) is 0 Å². The number of carbonyl (C=O) groups excluding carboxylic acids is 1. The van der Waals surface area contributed by atoms with Gasteiger partial charge in [-0.25, -0.2) is 4.98 Å². The summed E-state index contributed by atoms with van der Waals surface area (Å²) in [5, 5.41) is 16.9. The van der Waals surface area contributed by atoms with Gasteiger partial charge in [0.1, 0.15) is 17.5 Å². The molecule has 0 radical (unpaired) electrons. The summed E-state index contributed by atoms with van der Waals surface area (Å²) in [6, 6.07) is 17.8. The van der Waals surface area contributed by atoms with Crippen LogP contribution in [-0.2, 0) is 4.79 Å². The largest absolute Gasteiger partial charge is 0.486 e. The van der Waals surface area contributed by atoms with Gasteiger partial charge in [-0.15, -0.1) is 11.3 Å². The molecule has 6 nitrogen and oxygen atoms in total. The molecule has 1 saturated heterocycles. The Labute approximate surface area is 205 Å². The van der Waals surface area contributed by atoms with Crippen LogP contribution in [0, 0.1) is 12.8 Å². The van der Waals surface area contributed by atoms with E-state index in [9.17, 15) is 9.90 Å². The summed E-state index contributed by atoms with van der Waals surface area (Å²) in [5.41, 5.74) is 2.16. The Morgan fingerprint density at radius 3 is 2.68 bits per heavy atom. The summed E-state index contributed by atoms with van der Waals surface area (Å²) < 4.78 is 6.23. The molecule has 0 aliphatic carbocycles. The monoisotopic (exact) mass is 479 g/mol. The standard InChI is InChI=1S/C27H33N3O3S/c1-19(2)15-27(32)13-14-30(16-24(27)33-22-7-5-4-6-8-22)17-25(31)29-26-28-23(18-34-26)21-11-9-20(3)10-12-21/h4-12,18-19,24,32H,13-17H2,1-3H3,(H,28,29,31)/t24-,27+/m0/s1. The number of hydrogen-bond donors (Lipinski definition) is 2. The molecule has 0 bridgehead atoms. The molecule has 3 aromatic rings. The van der Waals surface area contributed by atoms with Gasteiger partial charge < -0.3 is 15.2 Å². The summed E-state index contributed by atoms with van der Waals surface area (Å²) >= 11 is 1.42. The van der Waals surface area contributed by atoms with Crippen LogP contribution in [0.4, 0.5) is 5.13 Å². The van der Waals surface area contributed by atoms with E-state index in [1.54, 1.807) is 0 Å². The highest BCUT2D eigenvalue weighted by Crippen LogP contribution is 2.32. The number of carbonyl (C=O) groups is 1. The van der Waals surface area contributed by atoms with Gasteiger partial charge in [0.25, 0.3) is 0 Å². The van der Waals surface area contributed by atoms with E-state index >= 15 is 0 Å². The fourth-order valence-electron chi connectivity index (χ4n) is 4.45. The third-order valence-corrected chi connectivity index (χ3v) is 6.89. The Kier molecular flexibility index (Phi) is 7.66. The number of ether oxygens (including phenoxy) is 1. The van der Waals surface area contributed by atoms with Crippen LogP contribution >= 0.6 is 11.3 Å². The van der Waals surface area contributed by atoms with E-state index in [2.05, 4.69) is 43.2 Å². The van der Waals surface area contributed by atoms with Gasteiger partial charge in [0.2, 0.25) is 5.91 Å². The Hall–Kier alpha value is -2.74.